The van der Waals surface area contributed by atoms with Crippen molar-refractivity contribution in [3.8, 4) is 17.0 Å². The van der Waals surface area contributed by atoms with E-state index < -0.39 is 0 Å². The minimum atomic E-state index is -0.0481. The highest BCUT2D eigenvalue weighted by Gasteiger charge is 2.25. The Labute approximate surface area is 180 Å². The first-order chi connectivity index (χ1) is 15.2. The van der Waals surface area contributed by atoms with Crippen molar-refractivity contribution in [1.29, 1.82) is 0 Å². The van der Waals surface area contributed by atoms with E-state index >= 15 is 0 Å². The third-order valence-corrected chi connectivity index (χ3v) is 5.63. The Hall–Kier alpha value is -3.87. The van der Waals surface area contributed by atoms with E-state index in [1.165, 1.54) is 0 Å². The van der Waals surface area contributed by atoms with Gasteiger partial charge in [-0.25, -0.2) is 4.98 Å². The smallest absolute Gasteiger partial charge is 0.274 e. The maximum Gasteiger partial charge on any atom is 0.274 e. The Bertz CT molecular complexity index is 1210. The quantitative estimate of drug-likeness (QED) is 0.513. The fraction of sp³-hybridized carbons (Fsp3) is 0.208. The number of hydrogen-bond acceptors (Lipinski definition) is 5. The van der Waals surface area contributed by atoms with E-state index in [0.717, 1.165) is 35.8 Å². The first-order valence-electron chi connectivity index (χ1n) is 10.3. The van der Waals surface area contributed by atoms with Gasteiger partial charge in [0.15, 0.2) is 5.65 Å². The number of amides is 1. The van der Waals surface area contributed by atoms with Gasteiger partial charge in [-0.15, -0.1) is 0 Å². The van der Waals surface area contributed by atoms with Crippen LogP contribution in [-0.4, -0.2) is 58.5 Å². The summed E-state index contributed by atoms with van der Waals surface area (Å²) in [6.45, 7) is 2.83. The molecule has 7 nitrogen and oxygen atoms in total. The van der Waals surface area contributed by atoms with Crippen LogP contribution >= 0.6 is 0 Å². The highest BCUT2D eigenvalue weighted by Crippen LogP contribution is 2.24. The topological polar surface area (TPSA) is 63.0 Å². The molecule has 156 valence electrons. The molecular weight excluding hydrogens is 390 g/mol. The molecule has 1 aliphatic heterocycles. The molecule has 0 radical (unpaired) electrons. The van der Waals surface area contributed by atoms with Crippen LogP contribution in [0.15, 0.2) is 73.2 Å². The normalized spacial score (nSPS) is 14.1. The van der Waals surface area contributed by atoms with E-state index in [4.69, 9.17) is 4.74 Å². The van der Waals surface area contributed by atoms with Gasteiger partial charge in [0.05, 0.1) is 7.11 Å². The molecule has 3 heterocycles. The number of aromatic nitrogens is 3. The lowest BCUT2D eigenvalue weighted by atomic mass is 10.1. The summed E-state index contributed by atoms with van der Waals surface area (Å²) in [4.78, 5) is 26.4. The summed E-state index contributed by atoms with van der Waals surface area (Å²) in [5, 5.41) is 0. The average molecular weight is 413 g/mol. The highest BCUT2D eigenvalue weighted by molar-refractivity contribution is 5.94. The van der Waals surface area contributed by atoms with Crippen molar-refractivity contribution in [3.05, 3.63) is 78.9 Å². The molecule has 1 amide bonds. The van der Waals surface area contributed by atoms with Crippen LogP contribution in [0.4, 0.5) is 5.69 Å². The summed E-state index contributed by atoms with van der Waals surface area (Å²) in [7, 11) is 1.67. The fourth-order valence-electron chi connectivity index (χ4n) is 3.96. The summed E-state index contributed by atoms with van der Waals surface area (Å²) >= 11 is 0. The molecule has 0 bridgehead atoms. The second kappa shape index (κ2) is 8.10. The standard InChI is InChI=1S/C24H23N5O2/c1-31-20-9-5-8-19(16-20)27-12-14-28(15-13-27)24(30)21-17-29-11-10-25-22(23(29)26-21)18-6-3-2-4-7-18/h2-11,16-17H,12-15H2,1H3. The molecule has 0 atom stereocenters. The van der Waals surface area contributed by atoms with E-state index in [9.17, 15) is 4.79 Å². The van der Waals surface area contributed by atoms with Gasteiger partial charge in [0.25, 0.3) is 5.91 Å². The average Bonchev–Trinajstić information content (AvgIpc) is 3.29. The van der Waals surface area contributed by atoms with Crippen molar-refractivity contribution < 1.29 is 9.53 Å². The van der Waals surface area contributed by atoms with Crippen LogP contribution in [0.2, 0.25) is 0 Å². The number of piperazine rings is 1. The maximum atomic E-state index is 13.2. The summed E-state index contributed by atoms with van der Waals surface area (Å²) in [6, 6.07) is 17.9. The molecular formula is C24H23N5O2. The van der Waals surface area contributed by atoms with Gasteiger partial charge in [0, 0.05) is 62.1 Å². The van der Waals surface area contributed by atoms with E-state index in [1.807, 2.05) is 64.0 Å². The van der Waals surface area contributed by atoms with Crippen molar-refractivity contribution in [2.45, 2.75) is 0 Å². The first kappa shape index (κ1) is 19.1. The number of carbonyl (C=O) groups excluding carboxylic acids is 1. The van der Waals surface area contributed by atoms with Gasteiger partial charge in [-0.1, -0.05) is 36.4 Å². The van der Waals surface area contributed by atoms with Crippen LogP contribution in [-0.2, 0) is 0 Å². The Kier molecular flexibility index (Phi) is 5.00. The van der Waals surface area contributed by atoms with Crippen molar-refractivity contribution >= 4 is 17.2 Å². The molecule has 0 unspecified atom stereocenters. The molecule has 1 fully saturated rings. The zero-order valence-electron chi connectivity index (χ0n) is 17.3. The summed E-state index contributed by atoms with van der Waals surface area (Å²) < 4.78 is 7.20. The number of hydrogen-bond donors (Lipinski definition) is 0. The molecule has 5 rings (SSSR count). The molecule has 0 aliphatic carbocycles. The van der Waals surface area contributed by atoms with Gasteiger partial charge in [0.1, 0.15) is 17.1 Å². The second-order valence-corrected chi connectivity index (χ2v) is 7.48. The monoisotopic (exact) mass is 413 g/mol. The minimum absolute atomic E-state index is 0.0481. The molecule has 4 aromatic rings. The van der Waals surface area contributed by atoms with E-state index in [0.29, 0.717) is 24.4 Å². The van der Waals surface area contributed by atoms with Crippen LogP contribution in [0.3, 0.4) is 0 Å². The third-order valence-electron chi connectivity index (χ3n) is 5.63. The largest absolute Gasteiger partial charge is 0.497 e. The predicted octanol–water partition coefficient (Wildman–Crippen LogP) is 3.37. The minimum Gasteiger partial charge on any atom is -0.497 e. The fourth-order valence-corrected chi connectivity index (χ4v) is 3.96. The molecule has 1 saturated heterocycles. The van der Waals surface area contributed by atoms with Gasteiger partial charge in [-0.05, 0) is 12.1 Å². The lowest BCUT2D eigenvalue weighted by Crippen LogP contribution is -2.48. The molecule has 2 aromatic carbocycles. The zero-order chi connectivity index (χ0) is 21.2. The van der Waals surface area contributed by atoms with Gasteiger partial charge < -0.3 is 18.9 Å². The molecule has 7 heteroatoms. The SMILES string of the molecule is COc1cccc(N2CCN(C(=O)c3cn4ccnc(-c5ccccc5)c4n3)CC2)c1. The molecule has 1 aliphatic rings. The number of anilines is 1. The van der Waals surface area contributed by atoms with E-state index in [1.54, 1.807) is 19.5 Å². The Balaban J connectivity index is 1.34. The zero-order valence-corrected chi connectivity index (χ0v) is 17.3. The second-order valence-electron chi connectivity index (χ2n) is 7.48. The van der Waals surface area contributed by atoms with Gasteiger partial charge in [-0.3, -0.25) is 9.78 Å². The summed E-state index contributed by atoms with van der Waals surface area (Å²) in [5.74, 6) is 0.788. The third kappa shape index (κ3) is 3.70. The molecule has 0 N–H and O–H groups in total. The Morgan fingerprint density at radius 1 is 1.00 bits per heavy atom. The number of carbonyl (C=O) groups is 1. The van der Waals surface area contributed by atoms with Crippen molar-refractivity contribution in [3.63, 3.8) is 0 Å². The van der Waals surface area contributed by atoms with Gasteiger partial charge in [0.2, 0.25) is 0 Å². The highest BCUT2D eigenvalue weighted by atomic mass is 16.5. The summed E-state index contributed by atoms with van der Waals surface area (Å²) in [6.07, 6.45) is 5.35. The number of rotatable bonds is 4. The molecule has 0 spiro atoms. The van der Waals surface area contributed by atoms with Crippen LogP contribution < -0.4 is 9.64 Å². The van der Waals surface area contributed by atoms with Crippen LogP contribution in [0.5, 0.6) is 5.75 Å². The van der Waals surface area contributed by atoms with Crippen LogP contribution in [0.25, 0.3) is 16.9 Å². The maximum absolute atomic E-state index is 13.2. The summed E-state index contributed by atoms with van der Waals surface area (Å²) in [5.41, 5.74) is 3.99. The van der Waals surface area contributed by atoms with E-state index in [2.05, 4.69) is 20.9 Å². The van der Waals surface area contributed by atoms with E-state index in [-0.39, 0.29) is 5.91 Å². The first-order valence-corrected chi connectivity index (χ1v) is 10.3. The van der Waals surface area contributed by atoms with Gasteiger partial charge in [-0.2, -0.15) is 0 Å². The molecule has 0 saturated carbocycles. The lowest BCUT2D eigenvalue weighted by molar-refractivity contribution is 0.0741. The van der Waals surface area contributed by atoms with Crippen molar-refractivity contribution in [1.82, 2.24) is 19.3 Å². The predicted molar refractivity (Wildman–Crippen MR) is 120 cm³/mol. The lowest BCUT2D eigenvalue weighted by Gasteiger charge is -2.35. The Morgan fingerprint density at radius 3 is 2.58 bits per heavy atom. The molecule has 2 aromatic heterocycles. The number of benzene rings is 2. The van der Waals surface area contributed by atoms with Gasteiger partial charge >= 0.3 is 0 Å². The van der Waals surface area contributed by atoms with Crippen LogP contribution in [0.1, 0.15) is 10.5 Å². The molecule has 31 heavy (non-hydrogen) atoms. The van der Waals surface area contributed by atoms with Crippen molar-refractivity contribution in [2.75, 3.05) is 38.2 Å². The number of ether oxygens (including phenoxy) is 1. The number of fused-ring (bicyclic) bond motifs is 1. The van der Waals surface area contributed by atoms with Crippen LogP contribution in [0, 0.1) is 0 Å². The Morgan fingerprint density at radius 2 is 1.81 bits per heavy atom. The van der Waals surface area contributed by atoms with Crippen molar-refractivity contribution in [2.24, 2.45) is 0 Å². The number of nitrogens with zero attached hydrogens (tertiary/aromatic N) is 5. The number of methoxy groups -OCH3 is 1. The number of imidazole rings is 1.